The van der Waals surface area contributed by atoms with Gasteiger partial charge in [-0.25, -0.2) is 8.78 Å². The van der Waals surface area contributed by atoms with Crippen molar-refractivity contribution in [2.45, 2.75) is 101 Å². The Morgan fingerprint density at radius 2 is 1.42 bits per heavy atom. The number of hydrogen-bond acceptors (Lipinski definition) is 3. The van der Waals surface area contributed by atoms with Gasteiger partial charge in [0.1, 0.15) is 11.6 Å². The molecular weight excluding hydrogens is 657 g/mol. The number of benzene rings is 3. The van der Waals surface area contributed by atoms with E-state index in [1.807, 2.05) is 65.0 Å². The fraction of sp³-hybridized carbons (Fsp3) is 0.415. The van der Waals surface area contributed by atoms with E-state index in [0.717, 1.165) is 40.5 Å². The van der Waals surface area contributed by atoms with Crippen LogP contribution in [0.3, 0.4) is 0 Å². The Labute approximate surface area is 376 Å². The van der Waals surface area contributed by atoms with Crippen LogP contribution >= 0.6 is 0 Å². The first-order valence-corrected chi connectivity index (χ1v) is 15.8. The first kappa shape index (κ1) is 54.3. The van der Waals surface area contributed by atoms with E-state index in [2.05, 4.69) is 19.9 Å². The predicted molar refractivity (Wildman–Crippen MR) is 190 cm³/mol. The van der Waals surface area contributed by atoms with Gasteiger partial charge in [0.05, 0.1) is 0 Å². The zero-order valence-corrected chi connectivity index (χ0v) is 37.8. The average Bonchev–Trinajstić information content (AvgIpc) is 3.04. The van der Waals surface area contributed by atoms with Crippen molar-refractivity contribution in [2.75, 3.05) is 0 Å². The van der Waals surface area contributed by atoms with Gasteiger partial charge in [0.25, 0.3) is 0 Å². The second kappa shape index (κ2) is 31.3. The second-order valence-electron chi connectivity index (χ2n) is 10.7. The van der Waals surface area contributed by atoms with Crippen LogP contribution in [0.1, 0.15) is 97.8 Å². The summed E-state index contributed by atoms with van der Waals surface area (Å²) in [7, 11) is 0. The van der Waals surface area contributed by atoms with Gasteiger partial charge in [0, 0.05) is 5.56 Å². The quantitative estimate of drug-likeness (QED) is 0.119. The minimum Gasteiger partial charge on any atom is -0.542 e. The van der Waals surface area contributed by atoms with E-state index in [1.165, 1.54) is 58.2 Å². The van der Waals surface area contributed by atoms with Gasteiger partial charge in [0.15, 0.2) is 0 Å². The number of aryl methyl sites for hydroxylation is 2. The van der Waals surface area contributed by atoms with Crippen molar-refractivity contribution in [2.24, 2.45) is 11.8 Å². The molecule has 3 aromatic carbocycles. The standard InChI is InChI=1S/C23H21F2.C8H16.C5H4O2.C2H3O.C2H6.CH3.2K/c1-4-16-13-17(14-22(24)18(16)5-2)20-11-8-12-21(23(20)25)19-10-7-6-9-15(19)3;1-7-5-3-4-6-8(7)2;1-4(3-6)5(2)7;1-2-3;1-2;;;/h6-8,10-14H,4-5H2,1-3H3;7-8H,3-6H2,1-2H3;1H,2H3;1H3;1-2H3;1H3;;/q-1;;-2;-1;;-1;2*+1/t;7-,8?;;;;;;/m.0....../s1. The zero-order chi connectivity index (χ0) is 34.5. The van der Waals surface area contributed by atoms with Crippen molar-refractivity contribution < 1.29 is 126 Å². The summed E-state index contributed by atoms with van der Waals surface area (Å²) < 4.78 is 29.7. The van der Waals surface area contributed by atoms with Gasteiger partial charge in [-0.1, -0.05) is 111 Å². The number of Topliss-reactive ketones (excluding diaryl/α,β-unsaturated/α-hetero) is 1. The molecule has 7 heteroatoms. The largest absolute Gasteiger partial charge is 1.00 e. The SMILES string of the molecule is CC.CC1CCCC[C@@H]1C.CCc1cc(-c2cccc(-c3ccc[c-]c3C)c2F)cc(F)c1CC.C[C-]=O.[CH-]=C([C-]=O)C(C)=O.[CH3-].[K+].[K+]. The molecule has 0 spiro atoms. The van der Waals surface area contributed by atoms with E-state index in [-0.39, 0.29) is 127 Å². The Morgan fingerprint density at radius 1 is 0.917 bits per heavy atom. The van der Waals surface area contributed by atoms with Crippen LogP contribution in [0.25, 0.3) is 22.3 Å². The Morgan fingerprint density at radius 3 is 1.81 bits per heavy atom. The van der Waals surface area contributed by atoms with Crippen molar-refractivity contribution >= 4 is 18.4 Å². The number of ketones is 1. The van der Waals surface area contributed by atoms with Gasteiger partial charge in [-0.2, -0.15) is 36.8 Å². The monoisotopic (exact) mass is 709 g/mol. The molecule has 1 aliphatic rings. The Hall–Kier alpha value is -0.457. The van der Waals surface area contributed by atoms with Crippen molar-refractivity contribution in [1.82, 2.24) is 0 Å². The minimum absolute atomic E-state index is 0. The van der Waals surface area contributed by atoms with Crippen LogP contribution in [0.5, 0.6) is 0 Å². The van der Waals surface area contributed by atoms with Gasteiger partial charge in [-0.15, -0.1) is 11.8 Å². The smallest absolute Gasteiger partial charge is 0.542 e. The molecule has 0 heterocycles. The molecule has 1 saturated carbocycles. The first-order valence-electron chi connectivity index (χ1n) is 15.8. The molecule has 0 aliphatic heterocycles. The first-order chi connectivity index (χ1) is 21.5. The van der Waals surface area contributed by atoms with Crippen LogP contribution in [0.4, 0.5) is 8.78 Å². The third-order valence-electron chi connectivity index (χ3n) is 7.71. The van der Waals surface area contributed by atoms with Crippen LogP contribution in [0.15, 0.2) is 54.1 Å². The Kier molecular flexibility index (Phi) is 35.4. The number of carbonyl (C=O) groups is 1. The summed E-state index contributed by atoms with van der Waals surface area (Å²) in [6.45, 7) is 21.9. The molecule has 254 valence electrons. The maximum absolute atomic E-state index is 15.2. The van der Waals surface area contributed by atoms with Gasteiger partial charge < -0.3 is 34.0 Å². The van der Waals surface area contributed by atoms with Gasteiger partial charge in [-0.3, -0.25) is 6.29 Å². The van der Waals surface area contributed by atoms with E-state index >= 15 is 4.39 Å². The molecule has 4 rings (SSSR count). The summed E-state index contributed by atoms with van der Waals surface area (Å²) >= 11 is 0. The molecule has 1 fully saturated rings. The number of carbonyl (C=O) groups excluding carboxylic acids is 3. The van der Waals surface area contributed by atoms with E-state index in [1.54, 1.807) is 12.1 Å². The topological polar surface area (TPSA) is 51.2 Å². The summed E-state index contributed by atoms with van der Waals surface area (Å²) in [4.78, 5) is 28.1. The summed E-state index contributed by atoms with van der Waals surface area (Å²) in [5.41, 5.74) is 4.54. The van der Waals surface area contributed by atoms with Crippen molar-refractivity contribution in [3.63, 3.8) is 0 Å². The van der Waals surface area contributed by atoms with Gasteiger partial charge >= 0.3 is 103 Å². The Balaban J connectivity index is -0.000000349. The molecule has 1 unspecified atom stereocenters. The van der Waals surface area contributed by atoms with Gasteiger partial charge in [-0.05, 0) is 53.0 Å². The van der Waals surface area contributed by atoms with E-state index < -0.39 is 5.78 Å². The fourth-order valence-corrected chi connectivity index (χ4v) is 4.91. The number of rotatable bonds is 6. The Bertz CT molecular complexity index is 1360. The molecule has 0 saturated heterocycles. The number of halogens is 2. The maximum Gasteiger partial charge on any atom is 1.00 e. The molecule has 3 nitrogen and oxygen atoms in total. The van der Waals surface area contributed by atoms with E-state index in [4.69, 9.17) is 11.4 Å². The number of allylic oxidation sites excluding steroid dienone is 1. The van der Waals surface area contributed by atoms with Gasteiger partial charge in [0.2, 0.25) is 0 Å². The molecule has 0 amide bonds. The molecule has 0 N–H and O–H groups in total. The molecule has 1 aliphatic carbocycles. The fourth-order valence-electron chi connectivity index (χ4n) is 4.91. The molecule has 0 bridgehead atoms. The van der Waals surface area contributed by atoms with Crippen LogP contribution in [0, 0.1) is 50.5 Å². The van der Waals surface area contributed by atoms with Crippen molar-refractivity contribution in [1.29, 1.82) is 0 Å². The third kappa shape index (κ3) is 18.7. The molecule has 0 aromatic heterocycles. The minimum atomic E-state index is -0.435. The molecule has 3 aromatic rings. The summed E-state index contributed by atoms with van der Waals surface area (Å²) in [5, 5.41) is 0. The third-order valence-corrected chi connectivity index (χ3v) is 7.71. The van der Waals surface area contributed by atoms with Crippen LogP contribution < -0.4 is 103 Å². The summed E-state index contributed by atoms with van der Waals surface area (Å²) in [6, 6.07) is 17.3. The normalized spacial score (nSPS) is 13.8. The zero-order valence-electron chi connectivity index (χ0n) is 31.6. The van der Waals surface area contributed by atoms with E-state index in [0.29, 0.717) is 23.1 Å². The van der Waals surface area contributed by atoms with E-state index in [9.17, 15) is 14.0 Å². The molecule has 2 atom stereocenters. The number of hydrogen-bond donors (Lipinski definition) is 0. The maximum atomic E-state index is 15.2. The van der Waals surface area contributed by atoms with Crippen LogP contribution in [-0.2, 0) is 27.2 Å². The molecule has 0 radical (unpaired) electrons. The van der Waals surface area contributed by atoms with Crippen LogP contribution in [0.2, 0.25) is 0 Å². The van der Waals surface area contributed by atoms with Crippen LogP contribution in [-0.4, -0.2) is 18.4 Å². The molecular formula is C41H53F2K2O3-3. The summed E-state index contributed by atoms with van der Waals surface area (Å²) in [5.74, 6) is 0.990. The predicted octanol–water partition coefficient (Wildman–Crippen LogP) is 5.01. The summed E-state index contributed by atoms with van der Waals surface area (Å²) in [6.07, 6.45) is 10.0. The second-order valence-corrected chi connectivity index (χ2v) is 10.7. The average molecular weight is 710 g/mol. The molecule has 48 heavy (non-hydrogen) atoms. The van der Waals surface area contributed by atoms with Crippen molar-refractivity contribution in [3.8, 4) is 22.3 Å². The van der Waals surface area contributed by atoms with Crippen molar-refractivity contribution in [3.05, 3.63) is 103 Å².